The van der Waals surface area contributed by atoms with Crippen LogP contribution in [-0.4, -0.2) is 19.3 Å². The van der Waals surface area contributed by atoms with Crippen molar-refractivity contribution >= 4 is 12.4 Å². The Morgan fingerprint density at radius 3 is 2.44 bits per heavy atom. The molecule has 0 rings (SSSR count). The molecule has 0 spiro atoms. The fraction of sp³-hybridized carbons (Fsp3) is 1.00. The summed E-state index contributed by atoms with van der Waals surface area (Å²) in [6.07, 6.45) is 0.966. The minimum Gasteiger partial charge on any atom is -0.382 e. The maximum Gasteiger partial charge on any atom is 0.0480 e. The second-order valence-corrected chi connectivity index (χ2v) is 1.96. The zero-order valence-electron chi connectivity index (χ0n) is 6.09. The summed E-state index contributed by atoms with van der Waals surface area (Å²) in [6.45, 7) is 5.57. The number of nitrogens with two attached hydrogens (primary N) is 1. The highest BCUT2D eigenvalue weighted by Crippen LogP contribution is 1.85. The van der Waals surface area contributed by atoms with Crippen molar-refractivity contribution in [2.45, 2.75) is 26.3 Å². The lowest BCUT2D eigenvalue weighted by molar-refractivity contribution is 0.141. The Morgan fingerprint density at radius 2 is 2.11 bits per heavy atom. The van der Waals surface area contributed by atoms with E-state index in [1.165, 1.54) is 0 Å². The number of hydrogen-bond donors (Lipinski definition) is 1. The van der Waals surface area contributed by atoms with Crippen molar-refractivity contribution < 1.29 is 4.74 Å². The van der Waals surface area contributed by atoms with Gasteiger partial charge in [0.05, 0.1) is 0 Å². The van der Waals surface area contributed by atoms with Crippen molar-refractivity contribution in [2.24, 2.45) is 5.73 Å². The van der Waals surface area contributed by atoms with Crippen LogP contribution in [0.15, 0.2) is 0 Å². The van der Waals surface area contributed by atoms with Gasteiger partial charge in [0.15, 0.2) is 0 Å². The number of hydrogen-bond acceptors (Lipinski definition) is 2. The van der Waals surface area contributed by atoms with Crippen molar-refractivity contribution in [1.82, 2.24) is 0 Å². The molecule has 0 radical (unpaired) electrons. The van der Waals surface area contributed by atoms with Crippen LogP contribution < -0.4 is 5.73 Å². The third-order valence-electron chi connectivity index (χ3n) is 0.922. The molecule has 0 fully saturated rings. The molecule has 0 heterocycles. The molecule has 1 atom stereocenters. The van der Waals surface area contributed by atoms with Crippen LogP contribution in [-0.2, 0) is 4.74 Å². The summed E-state index contributed by atoms with van der Waals surface area (Å²) in [4.78, 5) is 0. The number of ether oxygens (including phenoxy) is 1. The minimum absolute atomic E-state index is 0. The first kappa shape index (κ1) is 11.9. The molecule has 0 unspecified atom stereocenters. The fourth-order valence-corrected chi connectivity index (χ4v) is 0.414. The highest BCUT2D eigenvalue weighted by Gasteiger charge is 1.90. The van der Waals surface area contributed by atoms with Gasteiger partial charge < -0.3 is 10.5 Å². The van der Waals surface area contributed by atoms with Gasteiger partial charge >= 0.3 is 0 Å². The fourth-order valence-electron chi connectivity index (χ4n) is 0.414. The first-order valence-corrected chi connectivity index (χ1v) is 3.10. The lowest BCUT2D eigenvalue weighted by Gasteiger charge is -2.02. The molecule has 58 valence electrons. The Morgan fingerprint density at radius 1 is 1.56 bits per heavy atom. The van der Waals surface area contributed by atoms with Crippen LogP contribution in [0.2, 0.25) is 0 Å². The summed E-state index contributed by atoms with van der Waals surface area (Å²) in [7, 11) is 0. The summed E-state index contributed by atoms with van der Waals surface area (Å²) in [5.41, 5.74) is 5.45. The zero-order chi connectivity index (χ0) is 6.41. The van der Waals surface area contributed by atoms with Gasteiger partial charge in [-0.3, -0.25) is 0 Å². The predicted octanol–water partition coefficient (Wildman–Crippen LogP) is 1.18. The smallest absolute Gasteiger partial charge is 0.0480 e. The molecule has 0 aromatic heterocycles. The highest BCUT2D eigenvalue weighted by atomic mass is 35.5. The van der Waals surface area contributed by atoms with E-state index in [4.69, 9.17) is 10.5 Å². The monoisotopic (exact) mass is 153 g/mol. The van der Waals surface area contributed by atoms with Gasteiger partial charge in [0, 0.05) is 19.3 Å². The van der Waals surface area contributed by atoms with Crippen LogP contribution in [0.4, 0.5) is 0 Å². The van der Waals surface area contributed by atoms with Gasteiger partial charge in [-0.25, -0.2) is 0 Å². The summed E-state index contributed by atoms with van der Waals surface area (Å²) in [5.74, 6) is 0. The molecule has 0 aliphatic carbocycles. The summed E-state index contributed by atoms with van der Waals surface area (Å²) >= 11 is 0. The molecule has 2 nitrogen and oxygen atoms in total. The standard InChI is InChI=1S/C6H15NO.ClH/c1-3-8-5-4-6(2)7;/h6H,3-5,7H2,1-2H3;1H/t6-;/m1./s1. The van der Waals surface area contributed by atoms with Crippen molar-refractivity contribution in [2.75, 3.05) is 13.2 Å². The SMILES string of the molecule is CCOCC[C@@H](C)N.Cl. The molecule has 0 aliphatic rings. The first-order valence-electron chi connectivity index (χ1n) is 3.10. The van der Waals surface area contributed by atoms with E-state index < -0.39 is 0 Å². The predicted molar refractivity (Wildman–Crippen MR) is 42.0 cm³/mol. The van der Waals surface area contributed by atoms with Crippen molar-refractivity contribution in [3.8, 4) is 0 Å². The molecule has 0 aliphatic heterocycles. The molecule has 9 heavy (non-hydrogen) atoms. The van der Waals surface area contributed by atoms with Crippen LogP contribution in [0.25, 0.3) is 0 Å². The average molecular weight is 154 g/mol. The minimum atomic E-state index is 0. The van der Waals surface area contributed by atoms with E-state index in [0.29, 0.717) is 0 Å². The van der Waals surface area contributed by atoms with E-state index >= 15 is 0 Å². The van der Waals surface area contributed by atoms with Crippen LogP contribution in [0.1, 0.15) is 20.3 Å². The highest BCUT2D eigenvalue weighted by molar-refractivity contribution is 5.85. The van der Waals surface area contributed by atoms with E-state index in [9.17, 15) is 0 Å². The molecule has 0 amide bonds. The molecule has 3 heteroatoms. The van der Waals surface area contributed by atoms with Crippen LogP contribution in [0, 0.1) is 0 Å². The maximum atomic E-state index is 5.45. The van der Waals surface area contributed by atoms with Gasteiger partial charge in [-0.15, -0.1) is 12.4 Å². The Hall–Kier alpha value is 0.210. The second kappa shape index (κ2) is 8.21. The molecule has 0 saturated carbocycles. The van der Waals surface area contributed by atoms with Gasteiger partial charge in [-0.05, 0) is 20.3 Å². The quantitative estimate of drug-likeness (QED) is 0.616. The van der Waals surface area contributed by atoms with Gasteiger partial charge in [0.1, 0.15) is 0 Å². The third-order valence-corrected chi connectivity index (χ3v) is 0.922. The summed E-state index contributed by atoms with van der Waals surface area (Å²) in [5, 5.41) is 0. The van der Waals surface area contributed by atoms with Gasteiger partial charge in [0.2, 0.25) is 0 Å². The number of rotatable bonds is 4. The van der Waals surface area contributed by atoms with E-state index in [1.807, 2.05) is 13.8 Å². The van der Waals surface area contributed by atoms with Crippen molar-refractivity contribution in [3.63, 3.8) is 0 Å². The van der Waals surface area contributed by atoms with E-state index in [1.54, 1.807) is 0 Å². The van der Waals surface area contributed by atoms with E-state index in [0.717, 1.165) is 19.6 Å². The average Bonchev–Trinajstić information content (AvgIpc) is 1.66. The maximum absolute atomic E-state index is 5.45. The third kappa shape index (κ3) is 11.7. The van der Waals surface area contributed by atoms with Crippen molar-refractivity contribution in [1.29, 1.82) is 0 Å². The molecule has 0 saturated heterocycles. The molecular formula is C6H16ClNO. The normalized spacial score (nSPS) is 12.3. The van der Waals surface area contributed by atoms with Crippen LogP contribution >= 0.6 is 12.4 Å². The van der Waals surface area contributed by atoms with E-state index in [2.05, 4.69) is 0 Å². The Kier molecular flexibility index (Phi) is 10.9. The summed E-state index contributed by atoms with van der Waals surface area (Å²) < 4.78 is 5.06. The van der Waals surface area contributed by atoms with E-state index in [-0.39, 0.29) is 18.4 Å². The molecule has 0 aromatic rings. The zero-order valence-corrected chi connectivity index (χ0v) is 6.91. The Bertz CT molecular complexity index is 50.3. The van der Waals surface area contributed by atoms with Crippen LogP contribution in [0.5, 0.6) is 0 Å². The lowest BCUT2D eigenvalue weighted by Crippen LogP contribution is -2.17. The second-order valence-electron chi connectivity index (χ2n) is 1.96. The Balaban J connectivity index is 0. The van der Waals surface area contributed by atoms with Crippen molar-refractivity contribution in [3.05, 3.63) is 0 Å². The molecule has 0 bridgehead atoms. The largest absolute Gasteiger partial charge is 0.382 e. The number of halogens is 1. The molecule has 2 N–H and O–H groups in total. The van der Waals surface area contributed by atoms with Gasteiger partial charge in [-0.1, -0.05) is 0 Å². The van der Waals surface area contributed by atoms with Crippen LogP contribution in [0.3, 0.4) is 0 Å². The van der Waals surface area contributed by atoms with Gasteiger partial charge in [0.25, 0.3) is 0 Å². The molecule has 0 aromatic carbocycles. The topological polar surface area (TPSA) is 35.2 Å². The Labute approximate surface area is 63.2 Å². The first-order chi connectivity index (χ1) is 3.77. The van der Waals surface area contributed by atoms with Gasteiger partial charge in [-0.2, -0.15) is 0 Å². The molecular weight excluding hydrogens is 138 g/mol. The lowest BCUT2D eigenvalue weighted by atomic mass is 10.3. The summed E-state index contributed by atoms with van der Waals surface area (Å²) in [6, 6.07) is 0.279.